The van der Waals surface area contributed by atoms with Gasteiger partial charge in [0, 0.05) is 35.6 Å². The number of fused-ring (bicyclic) bond motifs is 1. The summed E-state index contributed by atoms with van der Waals surface area (Å²) >= 11 is 6.63. The summed E-state index contributed by atoms with van der Waals surface area (Å²) in [7, 11) is 6.98. The number of rotatable bonds is 7. The van der Waals surface area contributed by atoms with Crippen LogP contribution in [0.4, 0.5) is 30.2 Å². The fourth-order valence-electron chi connectivity index (χ4n) is 4.52. The number of halogens is 4. The van der Waals surface area contributed by atoms with Crippen LogP contribution in [0, 0.1) is 28.9 Å². The van der Waals surface area contributed by atoms with Crippen molar-refractivity contribution in [1.82, 2.24) is 19.5 Å². The lowest BCUT2D eigenvalue weighted by Gasteiger charge is -2.32. The van der Waals surface area contributed by atoms with E-state index in [1.165, 1.54) is 18.3 Å². The molecule has 6 rings (SSSR count). The number of pyridine rings is 2. The Bertz CT molecular complexity index is 1800. The van der Waals surface area contributed by atoms with Crippen molar-refractivity contribution in [2.75, 3.05) is 10.6 Å². The molecular weight excluding hydrogens is 538 g/mol. The van der Waals surface area contributed by atoms with E-state index in [4.69, 9.17) is 19.4 Å². The largest absolute Gasteiger partial charge is 0.378 e. The summed E-state index contributed by atoms with van der Waals surface area (Å²) in [4.78, 5) is 12.3. The van der Waals surface area contributed by atoms with E-state index in [2.05, 4.69) is 25.6 Å². The van der Waals surface area contributed by atoms with E-state index in [1.807, 2.05) is 16.8 Å². The predicted molar refractivity (Wildman–Crippen MR) is 146 cm³/mol. The van der Waals surface area contributed by atoms with Crippen LogP contribution in [0.1, 0.15) is 35.7 Å². The Morgan fingerprint density at radius 1 is 1.02 bits per heavy atom. The number of nitriles is 1. The van der Waals surface area contributed by atoms with Crippen LogP contribution in [0.5, 0.6) is 0 Å². The number of aromatic nitrogens is 4. The number of hydrogen-bond donors (Lipinski definition) is 2. The molecule has 0 aliphatic heterocycles. The Morgan fingerprint density at radius 3 is 2.50 bits per heavy atom. The van der Waals surface area contributed by atoms with Gasteiger partial charge in [-0.2, -0.15) is 9.65 Å². The number of imidazole rings is 1. The minimum Gasteiger partial charge on any atom is -0.378 e. The van der Waals surface area contributed by atoms with E-state index in [0.717, 1.165) is 25.1 Å². The Balaban J connectivity index is 1.47. The smallest absolute Gasteiger partial charge is 0.249 e. The van der Waals surface area contributed by atoms with Gasteiger partial charge in [0.05, 0.1) is 51.1 Å². The Labute approximate surface area is 233 Å². The van der Waals surface area contributed by atoms with E-state index in [0.29, 0.717) is 33.9 Å². The molecular formula is C28H18BClF3N7. The first kappa shape index (κ1) is 25.7. The monoisotopic (exact) mass is 555 g/mol. The van der Waals surface area contributed by atoms with Gasteiger partial charge in [-0.1, -0.05) is 23.7 Å². The summed E-state index contributed by atoms with van der Waals surface area (Å²) in [6.07, 6.45) is 8.10. The third-order valence-electron chi connectivity index (χ3n) is 6.73. The molecule has 0 saturated heterocycles. The van der Waals surface area contributed by atoms with E-state index < -0.39 is 23.0 Å². The van der Waals surface area contributed by atoms with Crippen LogP contribution in [0.25, 0.3) is 10.9 Å². The molecule has 2 aromatic carbocycles. The van der Waals surface area contributed by atoms with E-state index in [-0.39, 0.29) is 22.0 Å². The molecule has 1 atom stereocenters. The van der Waals surface area contributed by atoms with Crippen molar-refractivity contribution in [3.05, 3.63) is 107 Å². The van der Waals surface area contributed by atoms with Crippen LogP contribution in [-0.2, 0) is 5.44 Å². The molecule has 5 aromatic rings. The summed E-state index contributed by atoms with van der Waals surface area (Å²) < 4.78 is 43.1. The molecule has 196 valence electrons. The van der Waals surface area contributed by atoms with Gasteiger partial charge in [-0.05, 0) is 42.7 Å². The average Bonchev–Trinajstić information content (AvgIpc) is 3.67. The second-order valence-corrected chi connectivity index (χ2v) is 9.92. The van der Waals surface area contributed by atoms with Gasteiger partial charge in [0.2, 0.25) is 5.95 Å². The van der Waals surface area contributed by atoms with Crippen LogP contribution in [-0.4, -0.2) is 27.4 Å². The first-order valence-corrected chi connectivity index (χ1v) is 12.6. The molecule has 2 radical (unpaired) electrons. The van der Waals surface area contributed by atoms with Crippen LogP contribution in [0.2, 0.25) is 5.02 Å². The predicted octanol–water partition coefficient (Wildman–Crippen LogP) is 6.33. The van der Waals surface area contributed by atoms with Crippen molar-refractivity contribution >= 4 is 47.4 Å². The average molecular weight is 556 g/mol. The molecule has 1 aliphatic rings. The van der Waals surface area contributed by atoms with Gasteiger partial charge in [0.25, 0.3) is 0 Å². The summed E-state index contributed by atoms with van der Waals surface area (Å²) in [6, 6.07) is 12.4. The van der Waals surface area contributed by atoms with Crippen molar-refractivity contribution in [2.45, 2.75) is 24.3 Å². The standard InChI is InChI=1S/C28H18BClF3N7/c29-28(16-1-3-17(31)4-2-16,24-13-40(14-37-24)20-5-6-20)39-18-7-21-25(38-19-9-23(32)27(33)36-12-19)15(10-34)11-35-26(21)22(30)8-18/h1-4,7-9,11-14,20,39H,5-6H2,(H,35,38). The van der Waals surface area contributed by atoms with Crippen LogP contribution in [0.3, 0.4) is 0 Å². The Kier molecular flexibility index (Phi) is 6.35. The third kappa shape index (κ3) is 4.71. The van der Waals surface area contributed by atoms with Crippen LogP contribution in [0.15, 0.2) is 67.4 Å². The minimum absolute atomic E-state index is 0.113. The molecule has 0 bridgehead atoms. The topological polar surface area (TPSA) is 91.5 Å². The molecule has 1 aliphatic carbocycles. The highest BCUT2D eigenvalue weighted by Crippen LogP contribution is 2.39. The van der Waals surface area contributed by atoms with Crippen LogP contribution >= 0.6 is 11.6 Å². The van der Waals surface area contributed by atoms with Crippen molar-refractivity contribution in [3.63, 3.8) is 0 Å². The number of nitrogens with one attached hydrogen (secondary N) is 2. The zero-order valence-corrected chi connectivity index (χ0v) is 21.4. The maximum Gasteiger partial charge on any atom is 0.249 e. The highest BCUT2D eigenvalue weighted by atomic mass is 35.5. The molecule has 1 fully saturated rings. The van der Waals surface area contributed by atoms with Gasteiger partial charge in [-0.15, -0.1) is 0 Å². The SMILES string of the molecule is [B]C(Nc1cc(Cl)c2ncc(C#N)c(Nc3cnc(F)c(F)c3)c2c1)(c1ccc(F)cc1)c1cn(C2CC2)cn1. The summed E-state index contributed by atoms with van der Waals surface area (Å²) in [6.45, 7) is 0. The van der Waals surface area contributed by atoms with Gasteiger partial charge >= 0.3 is 0 Å². The van der Waals surface area contributed by atoms with Gasteiger partial charge in [-0.25, -0.2) is 18.7 Å². The maximum absolute atomic E-state index is 13.9. The zero-order valence-electron chi connectivity index (χ0n) is 20.7. The molecule has 0 spiro atoms. The van der Waals surface area contributed by atoms with Crippen molar-refractivity contribution in [2.24, 2.45) is 0 Å². The Morgan fingerprint density at radius 2 is 1.80 bits per heavy atom. The fourth-order valence-corrected chi connectivity index (χ4v) is 4.79. The molecule has 12 heteroatoms. The van der Waals surface area contributed by atoms with Crippen molar-refractivity contribution in [1.29, 1.82) is 5.26 Å². The lowest BCUT2D eigenvalue weighted by molar-refractivity contribution is 0.480. The number of nitrogens with zero attached hydrogens (tertiary/aromatic N) is 5. The number of hydrogen-bond acceptors (Lipinski definition) is 6. The van der Waals surface area contributed by atoms with Crippen molar-refractivity contribution in [3.8, 4) is 6.07 Å². The number of anilines is 3. The quantitative estimate of drug-likeness (QED) is 0.180. The van der Waals surface area contributed by atoms with E-state index >= 15 is 0 Å². The normalized spacial score (nSPS) is 14.5. The Hall–Kier alpha value is -4.56. The van der Waals surface area contributed by atoms with E-state index in [1.54, 1.807) is 30.6 Å². The van der Waals surface area contributed by atoms with Gasteiger partial charge in [0.15, 0.2) is 5.82 Å². The second-order valence-electron chi connectivity index (χ2n) is 9.51. The van der Waals surface area contributed by atoms with Gasteiger partial charge in [0.1, 0.15) is 19.7 Å². The minimum atomic E-state index is -1.40. The zero-order chi connectivity index (χ0) is 28.0. The van der Waals surface area contributed by atoms with Gasteiger partial charge < -0.3 is 15.2 Å². The number of benzene rings is 2. The highest BCUT2D eigenvalue weighted by Gasteiger charge is 2.33. The second kappa shape index (κ2) is 9.88. The van der Waals surface area contributed by atoms with E-state index in [9.17, 15) is 18.4 Å². The van der Waals surface area contributed by atoms with Gasteiger partial charge in [-0.3, -0.25) is 4.98 Å². The molecule has 1 saturated carbocycles. The summed E-state index contributed by atoms with van der Waals surface area (Å²) in [5.74, 6) is -2.81. The lowest BCUT2D eigenvalue weighted by atomic mass is 9.69. The molecule has 7 nitrogen and oxygen atoms in total. The summed E-state index contributed by atoms with van der Waals surface area (Å²) in [5, 5.41) is 16.6. The molecule has 40 heavy (non-hydrogen) atoms. The first-order valence-electron chi connectivity index (χ1n) is 12.2. The lowest BCUT2D eigenvalue weighted by Crippen LogP contribution is -2.37. The fraction of sp³-hybridized carbons (Fsp3) is 0.143. The molecule has 2 N–H and O–H groups in total. The maximum atomic E-state index is 13.9. The molecule has 0 amide bonds. The van der Waals surface area contributed by atoms with Crippen molar-refractivity contribution < 1.29 is 13.2 Å². The van der Waals surface area contributed by atoms with Crippen LogP contribution < -0.4 is 10.6 Å². The highest BCUT2D eigenvalue weighted by molar-refractivity contribution is 6.36. The summed E-state index contributed by atoms with van der Waals surface area (Å²) in [5.41, 5.74) is 0.934. The third-order valence-corrected chi connectivity index (χ3v) is 7.01. The first-order chi connectivity index (χ1) is 19.2. The molecule has 3 aromatic heterocycles. The molecule has 1 unspecified atom stereocenters. The molecule has 3 heterocycles.